The fraction of sp³-hybridized carbons (Fsp3) is 0.800. The van der Waals surface area contributed by atoms with Crippen LogP contribution in [0.1, 0.15) is 19.3 Å². The summed E-state index contributed by atoms with van der Waals surface area (Å²) in [5, 5.41) is 16.5. The van der Waals surface area contributed by atoms with Gasteiger partial charge in [0.15, 0.2) is 0 Å². The Morgan fingerprint density at radius 3 is 1.89 bits per heavy atom. The highest BCUT2D eigenvalue weighted by molar-refractivity contribution is 7.98. The summed E-state index contributed by atoms with van der Waals surface area (Å²) in [6.45, 7) is 0.501. The van der Waals surface area contributed by atoms with Gasteiger partial charge in [-0.15, -0.1) is 0 Å². The first-order valence-corrected chi connectivity index (χ1v) is 6.91. The fourth-order valence-corrected chi connectivity index (χ4v) is 1.32. The summed E-state index contributed by atoms with van der Waals surface area (Å²) in [7, 11) is 0. The van der Waals surface area contributed by atoms with Crippen molar-refractivity contribution in [3.63, 3.8) is 0 Å². The highest BCUT2D eigenvalue weighted by Crippen LogP contribution is 1.97. The predicted molar refractivity (Wildman–Crippen MR) is 72.5 cm³/mol. The summed E-state index contributed by atoms with van der Waals surface area (Å²) in [5.74, 6) is -1.06. The molecule has 7 nitrogen and oxygen atoms in total. The first-order valence-electron chi connectivity index (χ1n) is 5.52. The number of aliphatic carboxylic acids is 2. The van der Waals surface area contributed by atoms with Crippen molar-refractivity contribution in [3.8, 4) is 0 Å². The van der Waals surface area contributed by atoms with E-state index < -0.39 is 24.0 Å². The largest absolute Gasteiger partial charge is 0.480 e. The molecular formula is C10H23N3O4S. The SMILES string of the molecule is CSCCC(N)C(=O)O.NCCCC(N)C(=O)O. The highest BCUT2D eigenvalue weighted by atomic mass is 32.2. The molecule has 0 saturated carbocycles. The topological polar surface area (TPSA) is 153 Å². The summed E-state index contributed by atoms with van der Waals surface area (Å²) in [4.78, 5) is 20.1. The lowest BCUT2D eigenvalue weighted by molar-refractivity contribution is -0.139. The molecule has 2 atom stereocenters. The molecular weight excluding hydrogens is 258 g/mol. The van der Waals surface area contributed by atoms with E-state index in [1.807, 2.05) is 6.26 Å². The van der Waals surface area contributed by atoms with E-state index >= 15 is 0 Å². The zero-order chi connectivity index (χ0) is 14.6. The van der Waals surface area contributed by atoms with E-state index in [1.54, 1.807) is 11.8 Å². The molecule has 0 amide bonds. The molecule has 0 aliphatic heterocycles. The molecule has 18 heavy (non-hydrogen) atoms. The van der Waals surface area contributed by atoms with Crippen molar-refractivity contribution in [2.75, 3.05) is 18.6 Å². The first kappa shape index (κ1) is 19.5. The molecule has 0 fully saturated rings. The van der Waals surface area contributed by atoms with E-state index in [1.165, 1.54) is 0 Å². The van der Waals surface area contributed by atoms with Gasteiger partial charge in [-0.25, -0.2) is 0 Å². The van der Waals surface area contributed by atoms with Gasteiger partial charge in [0.2, 0.25) is 0 Å². The Hall–Kier alpha value is -0.830. The molecule has 0 spiro atoms. The Bertz CT molecular complexity index is 217. The number of hydrogen-bond donors (Lipinski definition) is 5. The third-order valence-electron chi connectivity index (χ3n) is 1.99. The third-order valence-corrected chi connectivity index (χ3v) is 2.63. The van der Waals surface area contributed by atoms with Crippen molar-refractivity contribution in [2.45, 2.75) is 31.3 Å². The smallest absolute Gasteiger partial charge is 0.320 e. The van der Waals surface area contributed by atoms with Crippen molar-refractivity contribution >= 4 is 23.7 Å². The monoisotopic (exact) mass is 281 g/mol. The van der Waals surface area contributed by atoms with Crippen LogP contribution in [0.2, 0.25) is 0 Å². The molecule has 8 heteroatoms. The Morgan fingerprint density at radius 1 is 1.11 bits per heavy atom. The maximum atomic E-state index is 10.1. The van der Waals surface area contributed by atoms with Crippen molar-refractivity contribution in [1.82, 2.24) is 0 Å². The molecule has 0 aromatic carbocycles. The number of carboxylic acid groups (broad SMARTS) is 2. The lowest BCUT2D eigenvalue weighted by Gasteiger charge is -2.02. The molecule has 0 heterocycles. The lowest BCUT2D eigenvalue weighted by atomic mass is 10.2. The number of rotatable bonds is 8. The van der Waals surface area contributed by atoms with Crippen LogP contribution in [0.5, 0.6) is 0 Å². The van der Waals surface area contributed by atoms with Gasteiger partial charge in [-0.3, -0.25) is 9.59 Å². The van der Waals surface area contributed by atoms with Crippen molar-refractivity contribution in [1.29, 1.82) is 0 Å². The average Bonchev–Trinajstić information content (AvgIpc) is 2.33. The van der Waals surface area contributed by atoms with Crippen molar-refractivity contribution in [3.05, 3.63) is 0 Å². The molecule has 0 aromatic rings. The van der Waals surface area contributed by atoms with Gasteiger partial charge in [0.1, 0.15) is 12.1 Å². The molecule has 108 valence electrons. The second-order valence-electron chi connectivity index (χ2n) is 3.60. The Labute approximate surface area is 111 Å². The predicted octanol–water partition coefficient (Wildman–Crippen LogP) is -0.711. The first-order chi connectivity index (χ1) is 8.36. The van der Waals surface area contributed by atoms with Gasteiger partial charge in [0, 0.05) is 0 Å². The summed E-state index contributed by atoms with van der Waals surface area (Å²) < 4.78 is 0. The summed E-state index contributed by atoms with van der Waals surface area (Å²) in [6.07, 6.45) is 3.62. The number of carbonyl (C=O) groups is 2. The van der Waals surface area contributed by atoms with Gasteiger partial charge in [-0.2, -0.15) is 11.8 Å². The maximum Gasteiger partial charge on any atom is 0.320 e. The van der Waals surface area contributed by atoms with Crippen LogP contribution in [0, 0.1) is 0 Å². The number of nitrogens with two attached hydrogens (primary N) is 3. The number of carboxylic acids is 2. The van der Waals surface area contributed by atoms with Gasteiger partial charge >= 0.3 is 11.9 Å². The van der Waals surface area contributed by atoms with E-state index in [2.05, 4.69) is 0 Å². The maximum absolute atomic E-state index is 10.1. The molecule has 0 bridgehead atoms. The Balaban J connectivity index is 0. The number of hydrogen-bond acceptors (Lipinski definition) is 6. The van der Waals surface area contributed by atoms with Gasteiger partial charge in [-0.1, -0.05) is 0 Å². The second kappa shape index (κ2) is 12.6. The molecule has 0 saturated heterocycles. The third kappa shape index (κ3) is 13.2. The van der Waals surface area contributed by atoms with E-state index in [0.717, 1.165) is 5.75 Å². The Morgan fingerprint density at radius 2 is 1.56 bits per heavy atom. The average molecular weight is 281 g/mol. The van der Waals surface area contributed by atoms with Crippen molar-refractivity contribution in [2.24, 2.45) is 17.2 Å². The second-order valence-corrected chi connectivity index (χ2v) is 4.59. The van der Waals surface area contributed by atoms with Crippen LogP contribution in [0.25, 0.3) is 0 Å². The molecule has 8 N–H and O–H groups in total. The highest BCUT2D eigenvalue weighted by Gasteiger charge is 2.09. The van der Waals surface area contributed by atoms with E-state index in [-0.39, 0.29) is 0 Å². The van der Waals surface area contributed by atoms with Crippen molar-refractivity contribution < 1.29 is 19.8 Å². The quantitative estimate of drug-likeness (QED) is 0.391. The van der Waals surface area contributed by atoms with E-state index in [0.29, 0.717) is 25.8 Å². The van der Waals surface area contributed by atoms with Crippen LogP contribution in [0.3, 0.4) is 0 Å². The van der Waals surface area contributed by atoms with E-state index in [9.17, 15) is 9.59 Å². The molecule has 0 radical (unpaired) electrons. The minimum absolute atomic E-state index is 0.464. The normalized spacial score (nSPS) is 13.1. The minimum atomic E-state index is -0.955. The van der Waals surface area contributed by atoms with Gasteiger partial charge in [0.05, 0.1) is 0 Å². The molecule has 0 aliphatic rings. The van der Waals surface area contributed by atoms with E-state index in [4.69, 9.17) is 27.4 Å². The van der Waals surface area contributed by atoms with Gasteiger partial charge in [-0.05, 0) is 37.8 Å². The summed E-state index contributed by atoms with van der Waals surface area (Å²) in [6, 6.07) is -1.43. The van der Waals surface area contributed by atoms with Crippen LogP contribution in [-0.4, -0.2) is 52.8 Å². The number of thioether (sulfide) groups is 1. The summed E-state index contributed by atoms with van der Waals surface area (Å²) >= 11 is 1.60. The molecule has 0 aromatic heterocycles. The Kier molecular flexibility index (Phi) is 13.7. The zero-order valence-electron chi connectivity index (χ0n) is 10.5. The lowest BCUT2D eigenvalue weighted by Crippen LogP contribution is -2.30. The van der Waals surface area contributed by atoms with Gasteiger partial charge < -0.3 is 27.4 Å². The molecule has 2 unspecified atom stereocenters. The standard InChI is InChI=1S/C5H12N2O2.C5H11NO2S/c6-3-1-2-4(7)5(8)9;1-9-3-2-4(6)5(7)8/h4H,1-3,6-7H2,(H,8,9);4H,2-3,6H2,1H3,(H,7,8). The summed E-state index contributed by atoms with van der Waals surface area (Å²) in [5.41, 5.74) is 15.5. The molecule has 0 rings (SSSR count). The van der Waals surface area contributed by atoms with Crippen LogP contribution in [0.4, 0.5) is 0 Å². The van der Waals surface area contributed by atoms with Crippen LogP contribution < -0.4 is 17.2 Å². The van der Waals surface area contributed by atoms with Gasteiger partial charge in [0.25, 0.3) is 0 Å². The fourth-order valence-electron chi connectivity index (χ4n) is 0.830. The van der Waals surface area contributed by atoms with Crippen LogP contribution >= 0.6 is 11.8 Å². The van der Waals surface area contributed by atoms with Crippen LogP contribution in [0.15, 0.2) is 0 Å². The van der Waals surface area contributed by atoms with Crippen LogP contribution in [-0.2, 0) is 9.59 Å². The molecule has 0 aliphatic carbocycles. The minimum Gasteiger partial charge on any atom is -0.480 e. The zero-order valence-corrected chi connectivity index (χ0v) is 11.4.